The molecule has 1 rings (SSSR count). The summed E-state index contributed by atoms with van der Waals surface area (Å²) in [6, 6.07) is 2.28. The lowest BCUT2D eigenvalue weighted by Crippen LogP contribution is -2.19. The van der Waals surface area contributed by atoms with Gasteiger partial charge in [0.05, 0.1) is 12.0 Å². The van der Waals surface area contributed by atoms with E-state index >= 15 is 0 Å². The highest BCUT2D eigenvalue weighted by molar-refractivity contribution is 4.85. The maximum Gasteiger partial charge on any atom is 0.0669 e. The van der Waals surface area contributed by atoms with Gasteiger partial charge < -0.3 is 5.32 Å². The quantitative estimate of drug-likeness (QED) is 0.520. The highest BCUT2D eigenvalue weighted by atomic mass is 14.9. The fourth-order valence-corrected chi connectivity index (χ4v) is 1.13. The molecule has 1 fully saturated rings. The van der Waals surface area contributed by atoms with Crippen molar-refractivity contribution in [3.63, 3.8) is 0 Å². The first-order valence-corrected chi connectivity index (χ1v) is 3.54. The zero-order valence-corrected chi connectivity index (χ0v) is 5.56. The molecule has 1 heterocycles. The molecule has 1 aliphatic rings. The number of hydrogen-bond acceptors (Lipinski definition) is 2. The van der Waals surface area contributed by atoms with Crippen LogP contribution in [-0.2, 0) is 0 Å². The van der Waals surface area contributed by atoms with Crippen LogP contribution in [0.3, 0.4) is 0 Å². The molecular weight excluding hydrogens is 112 g/mol. The Bertz CT molecular complexity index is 107. The van der Waals surface area contributed by atoms with Crippen molar-refractivity contribution in [1.29, 1.82) is 5.26 Å². The summed E-state index contributed by atoms with van der Waals surface area (Å²) in [6.45, 7) is 1.99. The highest BCUT2D eigenvalue weighted by Crippen LogP contribution is 2.08. The molecule has 1 atom stereocenters. The maximum atomic E-state index is 8.53. The number of rotatable bonds is 0. The second-order valence-electron chi connectivity index (χ2n) is 2.53. The number of nitrogens with one attached hydrogen (secondary N) is 1. The van der Waals surface area contributed by atoms with E-state index in [1.165, 1.54) is 12.8 Å². The molecule has 0 radical (unpaired) electrons. The second-order valence-corrected chi connectivity index (χ2v) is 2.53. The molecular formula is C7H12N2. The van der Waals surface area contributed by atoms with Crippen molar-refractivity contribution < 1.29 is 0 Å². The van der Waals surface area contributed by atoms with Crippen molar-refractivity contribution in [2.45, 2.75) is 19.3 Å². The summed E-state index contributed by atoms with van der Waals surface area (Å²) in [6.07, 6.45) is 3.53. The predicted octanol–water partition coefficient (Wildman–Crippen LogP) is 0.900. The highest BCUT2D eigenvalue weighted by Gasteiger charge is 2.08. The number of nitrogens with zero attached hydrogens (tertiary/aromatic N) is 1. The Labute approximate surface area is 55.9 Å². The van der Waals surface area contributed by atoms with Crippen LogP contribution in [0.2, 0.25) is 0 Å². The Morgan fingerprint density at radius 3 is 3.11 bits per heavy atom. The Morgan fingerprint density at radius 2 is 2.33 bits per heavy atom. The molecule has 0 bridgehead atoms. The van der Waals surface area contributed by atoms with Crippen LogP contribution in [0.5, 0.6) is 0 Å². The molecule has 1 unspecified atom stereocenters. The van der Waals surface area contributed by atoms with Crippen LogP contribution in [0.1, 0.15) is 19.3 Å². The normalized spacial score (nSPS) is 28.6. The minimum atomic E-state index is 0.271. The molecule has 1 aliphatic heterocycles. The van der Waals surface area contributed by atoms with E-state index in [0.29, 0.717) is 0 Å². The van der Waals surface area contributed by atoms with E-state index in [9.17, 15) is 0 Å². The molecule has 1 saturated heterocycles. The van der Waals surface area contributed by atoms with Crippen LogP contribution in [-0.4, -0.2) is 13.1 Å². The average Bonchev–Trinajstić information content (AvgIpc) is 2.13. The summed E-state index contributed by atoms with van der Waals surface area (Å²) in [7, 11) is 0. The van der Waals surface area contributed by atoms with E-state index in [0.717, 1.165) is 19.5 Å². The van der Waals surface area contributed by atoms with E-state index < -0.39 is 0 Å². The third kappa shape index (κ3) is 2.03. The van der Waals surface area contributed by atoms with E-state index in [1.807, 2.05) is 0 Å². The predicted molar refractivity (Wildman–Crippen MR) is 35.8 cm³/mol. The van der Waals surface area contributed by atoms with Gasteiger partial charge in [0.15, 0.2) is 0 Å². The summed E-state index contributed by atoms with van der Waals surface area (Å²) < 4.78 is 0. The molecule has 1 N–H and O–H groups in total. The van der Waals surface area contributed by atoms with Gasteiger partial charge in [-0.3, -0.25) is 0 Å². The summed E-state index contributed by atoms with van der Waals surface area (Å²) in [5.41, 5.74) is 0. The van der Waals surface area contributed by atoms with Gasteiger partial charge in [0.25, 0.3) is 0 Å². The van der Waals surface area contributed by atoms with Crippen molar-refractivity contribution in [3.8, 4) is 6.07 Å². The lowest BCUT2D eigenvalue weighted by molar-refractivity contribution is 0.590. The average molecular weight is 124 g/mol. The lowest BCUT2D eigenvalue weighted by atomic mass is 10.1. The van der Waals surface area contributed by atoms with Crippen molar-refractivity contribution in [2.24, 2.45) is 5.92 Å². The zero-order valence-electron chi connectivity index (χ0n) is 5.56. The summed E-state index contributed by atoms with van der Waals surface area (Å²) >= 11 is 0. The van der Waals surface area contributed by atoms with Gasteiger partial charge in [-0.05, 0) is 19.4 Å². The van der Waals surface area contributed by atoms with Gasteiger partial charge in [-0.1, -0.05) is 6.42 Å². The monoisotopic (exact) mass is 124 g/mol. The van der Waals surface area contributed by atoms with Gasteiger partial charge in [-0.25, -0.2) is 0 Å². The van der Waals surface area contributed by atoms with Gasteiger partial charge in [-0.2, -0.15) is 5.26 Å². The van der Waals surface area contributed by atoms with Crippen LogP contribution in [0, 0.1) is 17.2 Å². The van der Waals surface area contributed by atoms with Crippen LogP contribution in [0.15, 0.2) is 0 Å². The minimum absolute atomic E-state index is 0.271. The lowest BCUT2D eigenvalue weighted by Gasteiger charge is -2.00. The van der Waals surface area contributed by atoms with Gasteiger partial charge >= 0.3 is 0 Å². The second kappa shape index (κ2) is 3.47. The molecule has 0 aliphatic carbocycles. The molecule has 0 aromatic heterocycles. The van der Waals surface area contributed by atoms with Crippen molar-refractivity contribution in [1.82, 2.24) is 5.32 Å². The first kappa shape index (κ1) is 6.57. The SMILES string of the molecule is N#CC1CCCCNC1. The zero-order chi connectivity index (χ0) is 6.53. The fraction of sp³-hybridized carbons (Fsp3) is 0.857. The molecule has 50 valence electrons. The molecule has 0 spiro atoms. The van der Waals surface area contributed by atoms with Gasteiger partial charge in [-0.15, -0.1) is 0 Å². The molecule has 0 amide bonds. The van der Waals surface area contributed by atoms with Crippen LogP contribution >= 0.6 is 0 Å². The Morgan fingerprint density at radius 1 is 1.44 bits per heavy atom. The molecule has 2 nitrogen and oxygen atoms in total. The smallest absolute Gasteiger partial charge is 0.0669 e. The number of hydrogen-bond donors (Lipinski definition) is 1. The fourth-order valence-electron chi connectivity index (χ4n) is 1.13. The summed E-state index contributed by atoms with van der Waals surface area (Å²) in [4.78, 5) is 0. The molecule has 0 aromatic rings. The Kier molecular flexibility index (Phi) is 2.53. The van der Waals surface area contributed by atoms with Crippen molar-refractivity contribution >= 4 is 0 Å². The van der Waals surface area contributed by atoms with Gasteiger partial charge in [0.1, 0.15) is 0 Å². The first-order valence-electron chi connectivity index (χ1n) is 3.54. The standard InChI is InChI=1S/C7H12N2/c8-5-7-3-1-2-4-9-6-7/h7,9H,1-4,6H2. The van der Waals surface area contributed by atoms with E-state index in [2.05, 4.69) is 11.4 Å². The molecule has 2 heteroatoms. The number of nitriles is 1. The van der Waals surface area contributed by atoms with Crippen LogP contribution < -0.4 is 5.32 Å². The summed E-state index contributed by atoms with van der Waals surface area (Å²) in [5, 5.41) is 11.8. The third-order valence-corrected chi connectivity index (χ3v) is 1.73. The topological polar surface area (TPSA) is 35.8 Å². The van der Waals surface area contributed by atoms with E-state index in [-0.39, 0.29) is 5.92 Å². The van der Waals surface area contributed by atoms with E-state index in [1.54, 1.807) is 0 Å². The Balaban J connectivity index is 2.29. The minimum Gasteiger partial charge on any atom is -0.315 e. The van der Waals surface area contributed by atoms with Gasteiger partial charge in [0, 0.05) is 6.54 Å². The maximum absolute atomic E-state index is 8.53. The molecule has 0 saturated carbocycles. The van der Waals surface area contributed by atoms with Crippen molar-refractivity contribution in [3.05, 3.63) is 0 Å². The summed E-state index contributed by atoms with van der Waals surface area (Å²) in [5.74, 6) is 0.271. The van der Waals surface area contributed by atoms with Crippen LogP contribution in [0.25, 0.3) is 0 Å². The van der Waals surface area contributed by atoms with Gasteiger partial charge in [0.2, 0.25) is 0 Å². The largest absolute Gasteiger partial charge is 0.315 e. The Hall–Kier alpha value is -0.550. The molecule has 0 aromatic carbocycles. The third-order valence-electron chi connectivity index (χ3n) is 1.73. The molecule has 9 heavy (non-hydrogen) atoms. The first-order chi connectivity index (χ1) is 4.43. The van der Waals surface area contributed by atoms with E-state index in [4.69, 9.17) is 5.26 Å². The van der Waals surface area contributed by atoms with Crippen molar-refractivity contribution in [2.75, 3.05) is 13.1 Å². The van der Waals surface area contributed by atoms with Crippen LogP contribution in [0.4, 0.5) is 0 Å².